The Morgan fingerprint density at radius 2 is 1.62 bits per heavy atom. The van der Waals surface area contributed by atoms with Gasteiger partial charge < -0.3 is 25.6 Å². The van der Waals surface area contributed by atoms with E-state index in [0.29, 0.717) is 29.6 Å². The van der Waals surface area contributed by atoms with Gasteiger partial charge in [-0.15, -0.1) is 12.4 Å². The van der Waals surface area contributed by atoms with Crippen LogP contribution in [0.1, 0.15) is 49.5 Å². The van der Waals surface area contributed by atoms with Crippen LogP contribution in [0, 0.1) is 0 Å². The second kappa shape index (κ2) is 12.6. The molecule has 0 bridgehead atoms. The van der Waals surface area contributed by atoms with Crippen molar-refractivity contribution in [3.05, 3.63) is 101 Å². The molecule has 1 fully saturated rings. The van der Waals surface area contributed by atoms with Crippen molar-refractivity contribution in [3.8, 4) is 11.5 Å². The van der Waals surface area contributed by atoms with Crippen LogP contribution in [-0.4, -0.2) is 58.1 Å². The smallest absolute Gasteiger partial charge is 0.338 e. The van der Waals surface area contributed by atoms with Gasteiger partial charge in [-0.3, -0.25) is 14.6 Å². The summed E-state index contributed by atoms with van der Waals surface area (Å²) in [5, 5.41) is 26.8. The molecule has 1 saturated heterocycles. The van der Waals surface area contributed by atoms with Gasteiger partial charge in [0.25, 0.3) is 5.91 Å². The highest BCUT2D eigenvalue weighted by atomic mass is 35.5. The minimum atomic E-state index is -0.567. The largest absolute Gasteiger partial charge is 0.508 e. The molecule has 0 aliphatic carbocycles. The van der Waals surface area contributed by atoms with E-state index < -0.39 is 23.9 Å². The number of phenols is 2. The van der Waals surface area contributed by atoms with Crippen LogP contribution in [0.5, 0.6) is 11.5 Å². The lowest BCUT2D eigenvalue weighted by molar-refractivity contribution is 0.0192. The van der Waals surface area contributed by atoms with Crippen LogP contribution in [0.4, 0.5) is 0 Å². The van der Waals surface area contributed by atoms with Crippen molar-refractivity contribution in [2.24, 2.45) is 0 Å². The Morgan fingerprint density at radius 1 is 0.925 bits per heavy atom. The zero-order valence-electron chi connectivity index (χ0n) is 21.4. The molecule has 1 aliphatic rings. The fourth-order valence-electron chi connectivity index (χ4n) is 4.58. The molecule has 4 aromatic rings. The van der Waals surface area contributed by atoms with E-state index in [0.717, 1.165) is 18.4 Å². The maximum absolute atomic E-state index is 13.1. The van der Waals surface area contributed by atoms with Crippen molar-refractivity contribution in [2.75, 3.05) is 13.1 Å². The Balaban J connectivity index is 0.00000370. The van der Waals surface area contributed by atoms with E-state index in [-0.39, 0.29) is 40.9 Å². The molecule has 1 amide bonds. The average molecular weight is 562 g/mol. The second-order valence-electron chi connectivity index (χ2n) is 9.39. The summed E-state index contributed by atoms with van der Waals surface area (Å²) in [7, 11) is 0. The van der Waals surface area contributed by atoms with E-state index in [1.165, 1.54) is 54.6 Å². The number of hydrogen-bond donors (Lipinski definition) is 4. The lowest BCUT2D eigenvalue weighted by Crippen LogP contribution is -2.49. The fourth-order valence-corrected chi connectivity index (χ4v) is 4.58. The van der Waals surface area contributed by atoms with Gasteiger partial charge in [-0.05, 0) is 74.0 Å². The minimum absolute atomic E-state index is 0. The van der Waals surface area contributed by atoms with Crippen LogP contribution in [0.15, 0.2) is 79.0 Å². The molecule has 0 saturated carbocycles. The third-order valence-electron chi connectivity index (χ3n) is 6.71. The van der Waals surface area contributed by atoms with E-state index in [2.05, 4.69) is 15.6 Å². The van der Waals surface area contributed by atoms with Gasteiger partial charge in [0.15, 0.2) is 5.78 Å². The van der Waals surface area contributed by atoms with Crippen LogP contribution in [0.2, 0.25) is 0 Å². The summed E-state index contributed by atoms with van der Waals surface area (Å²) in [4.78, 5) is 43.0. The number of carbonyl (C=O) groups excluding carboxylic acids is 3. The molecule has 0 spiro atoms. The number of nitrogens with zero attached hydrogens (tertiary/aromatic N) is 1. The molecular formula is C30H28ClN3O6. The first kappa shape index (κ1) is 28.5. The molecule has 3 aromatic carbocycles. The van der Waals surface area contributed by atoms with Gasteiger partial charge in [0.05, 0.1) is 22.7 Å². The van der Waals surface area contributed by atoms with Gasteiger partial charge in [0, 0.05) is 29.3 Å². The van der Waals surface area contributed by atoms with Crippen LogP contribution in [0.3, 0.4) is 0 Å². The van der Waals surface area contributed by atoms with E-state index >= 15 is 0 Å². The number of pyridine rings is 1. The SMILES string of the molecule is Cl.O=C(N[C@@H]1CNCCC[C@H]1OC(=O)c1ccc(C(=O)c2cc3ncccc3cc2O)cc1)c1ccc(O)cc1. The predicted octanol–water partition coefficient (Wildman–Crippen LogP) is 4.01. The Bertz CT molecular complexity index is 1530. The molecule has 4 N–H and O–H groups in total. The highest BCUT2D eigenvalue weighted by molar-refractivity contribution is 6.12. The number of aromatic nitrogens is 1. The molecule has 1 aromatic heterocycles. The molecule has 0 unspecified atom stereocenters. The minimum Gasteiger partial charge on any atom is -0.508 e. The number of ether oxygens (including phenoxy) is 1. The Kier molecular flexibility index (Phi) is 8.98. The van der Waals surface area contributed by atoms with Crippen molar-refractivity contribution in [1.82, 2.24) is 15.6 Å². The monoisotopic (exact) mass is 561 g/mol. The first-order valence-corrected chi connectivity index (χ1v) is 12.6. The average Bonchev–Trinajstić information content (AvgIpc) is 3.17. The Hall–Kier alpha value is -4.47. The van der Waals surface area contributed by atoms with Gasteiger partial charge in [-0.2, -0.15) is 0 Å². The number of carbonyl (C=O) groups is 3. The van der Waals surface area contributed by atoms with Crippen molar-refractivity contribution >= 4 is 41.0 Å². The maximum atomic E-state index is 13.1. The van der Waals surface area contributed by atoms with Crippen molar-refractivity contribution < 1.29 is 29.3 Å². The van der Waals surface area contributed by atoms with Gasteiger partial charge in [-0.1, -0.05) is 18.2 Å². The summed E-state index contributed by atoms with van der Waals surface area (Å²) in [5.74, 6) is -1.38. The summed E-state index contributed by atoms with van der Waals surface area (Å²) in [5.41, 5.74) is 1.65. The molecule has 10 heteroatoms. The van der Waals surface area contributed by atoms with Crippen LogP contribution in [0.25, 0.3) is 10.9 Å². The summed E-state index contributed by atoms with van der Waals surface area (Å²) in [6.07, 6.45) is 2.38. The highest BCUT2D eigenvalue weighted by Crippen LogP contribution is 2.26. The zero-order valence-corrected chi connectivity index (χ0v) is 22.2. The third-order valence-corrected chi connectivity index (χ3v) is 6.71. The molecule has 206 valence electrons. The number of amides is 1. The third kappa shape index (κ3) is 6.39. The number of benzene rings is 3. The number of aromatic hydroxyl groups is 2. The lowest BCUT2D eigenvalue weighted by Gasteiger charge is -2.26. The molecule has 2 heterocycles. The van der Waals surface area contributed by atoms with Crippen molar-refractivity contribution in [1.29, 1.82) is 0 Å². The second-order valence-corrected chi connectivity index (χ2v) is 9.39. The van der Waals surface area contributed by atoms with Crippen LogP contribution < -0.4 is 10.6 Å². The quantitative estimate of drug-likeness (QED) is 0.205. The number of nitrogens with one attached hydrogen (secondary N) is 2. The molecule has 40 heavy (non-hydrogen) atoms. The van der Waals surface area contributed by atoms with Gasteiger partial charge in [0.1, 0.15) is 17.6 Å². The number of rotatable bonds is 6. The summed E-state index contributed by atoms with van der Waals surface area (Å²) >= 11 is 0. The number of fused-ring (bicyclic) bond motifs is 1. The molecule has 2 atom stereocenters. The van der Waals surface area contributed by atoms with E-state index in [9.17, 15) is 24.6 Å². The van der Waals surface area contributed by atoms with Crippen molar-refractivity contribution in [2.45, 2.75) is 25.0 Å². The molecule has 1 aliphatic heterocycles. The lowest BCUT2D eigenvalue weighted by atomic mass is 9.99. The molecule has 0 radical (unpaired) electrons. The van der Waals surface area contributed by atoms with E-state index in [1.54, 1.807) is 24.4 Å². The first-order chi connectivity index (χ1) is 18.9. The topological polar surface area (TPSA) is 138 Å². The van der Waals surface area contributed by atoms with Crippen LogP contribution >= 0.6 is 12.4 Å². The van der Waals surface area contributed by atoms with Crippen molar-refractivity contribution in [3.63, 3.8) is 0 Å². The highest BCUT2D eigenvalue weighted by Gasteiger charge is 2.29. The van der Waals surface area contributed by atoms with Crippen LogP contribution in [-0.2, 0) is 4.74 Å². The summed E-state index contributed by atoms with van der Waals surface area (Å²) in [6.45, 7) is 1.16. The molecular weight excluding hydrogens is 534 g/mol. The number of halogens is 1. The first-order valence-electron chi connectivity index (χ1n) is 12.6. The standard InChI is InChI=1S/C30H27N3O6.ClH/c34-22-11-9-19(10-12-22)29(37)33-25-17-31-13-2-4-27(25)39-30(38)20-7-5-18(6-8-20)28(36)23-16-24-21(15-26(23)35)3-1-14-32-24;/h1,3,5-12,14-16,25,27,31,34-35H,2,4,13,17H2,(H,33,37);1H/t25-,27-;/m1./s1. The zero-order chi connectivity index (χ0) is 27.4. The van der Waals surface area contributed by atoms with Gasteiger partial charge in [-0.25, -0.2) is 4.79 Å². The number of hydrogen-bond acceptors (Lipinski definition) is 8. The number of esters is 1. The van der Waals surface area contributed by atoms with Gasteiger partial charge in [0.2, 0.25) is 0 Å². The number of phenolic OH excluding ortho intramolecular Hbond substituents is 2. The fraction of sp³-hybridized carbons (Fsp3) is 0.200. The normalized spacial score (nSPS) is 16.8. The molecule has 5 rings (SSSR count). The van der Waals surface area contributed by atoms with E-state index in [4.69, 9.17) is 4.74 Å². The van der Waals surface area contributed by atoms with Gasteiger partial charge >= 0.3 is 5.97 Å². The molecule has 9 nitrogen and oxygen atoms in total. The maximum Gasteiger partial charge on any atom is 0.338 e. The Morgan fingerprint density at radius 3 is 2.38 bits per heavy atom. The summed E-state index contributed by atoms with van der Waals surface area (Å²) in [6, 6.07) is 18.1. The Labute approximate surface area is 236 Å². The van der Waals surface area contributed by atoms with E-state index in [1.807, 2.05) is 0 Å². The number of ketones is 1. The predicted molar refractivity (Wildman–Crippen MR) is 151 cm³/mol. The summed E-state index contributed by atoms with van der Waals surface area (Å²) < 4.78 is 5.81.